The number of hydrogen-bond donors (Lipinski definition) is 2. The van der Waals surface area contributed by atoms with Gasteiger partial charge in [0.1, 0.15) is 28.0 Å². The van der Waals surface area contributed by atoms with E-state index in [0.29, 0.717) is 42.0 Å². The number of hydrogen-bond acceptors (Lipinski definition) is 7. The lowest BCUT2D eigenvalue weighted by molar-refractivity contribution is -0.114. The minimum atomic E-state index is -0.200. The fraction of sp³-hybridized carbons (Fsp3) is 0.381. The standard InChI is InChI=1S/C21H26N4O3S/c1-6-27-15-8-9-17(28-7-2)16(10-15)25-18(26)11-22-20-19-12(3)13(4)29-21(19)24-14(5)23-20/h8-10H,6-7,11H2,1-5H3,(H,25,26)(H,22,23,24). The molecule has 0 radical (unpaired) electrons. The molecule has 0 bridgehead atoms. The van der Waals surface area contributed by atoms with Gasteiger partial charge in [-0.2, -0.15) is 0 Å². The van der Waals surface area contributed by atoms with Crippen molar-refractivity contribution in [3.63, 3.8) is 0 Å². The molecule has 3 aromatic rings. The van der Waals surface area contributed by atoms with Crippen LogP contribution in [0.25, 0.3) is 10.2 Å². The van der Waals surface area contributed by atoms with E-state index < -0.39 is 0 Å². The molecule has 29 heavy (non-hydrogen) atoms. The second kappa shape index (κ2) is 9.09. The summed E-state index contributed by atoms with van der Waals surface area (Å²) in [4.78, 5) is 23.7. The van der Waals surface area contributed by atoms with Crippen LogP contribution in [-0.4, -0.2) is 35.6 Å². The van der Waals surface area contributed by atoms with Gasteiger partial charge in [0.25, 0.3) is 0 Å². The summed E-state index contributed by atoms with van der Waals surface area (Å²) in [6.07, 6.45) is 0. The molecule has 1 amide bonds. The van der Waals surface area contributed by atoms with Gasteiger partial charge in [0.15, 0.2) is 0 Å². The molecular formula is C21H26N4O3S. The molecule has 0 spiro atoms. The third-order valence-electron chi connectivity index (χ3n) is 4.39. The molecule has 3 rings (SSSR count). The van der Waals surface area contributed by atoms with Gasteiger partial charge < -0.3 is 20.1 Å². The molecular weight excluding hydrogens is 388 g/mol. The minimum Gasteiger partial charge on any atom is -0.494 e. The molecule has 0 saturated carbocycles. The van der Waals surface area contributed by atoms with E-state index in [9.17, 15) is 4.79 Å². The monoisotopic (exact) mass is 414 g/mol. The first-order chi connectivity index (χ1) is 13.9. The lowest BCUT2D eigenvalue weighted by Gasteiger charge is -2.14. The maximum Gasteiger partial charge on any atom is 0.243 e. The zero-order valence-corrected chi connectivity index (χ0v) is 18.2. The van der Waals surface area contributed by atoms with Crippen molar-refractivity contribution in [2.75, 3.05) is 30.4 Å². The molecule has 2 heterocycles. The molecule has 154 valence electrons. The second-order valence-electron chi connectivity index (χ2n) is 6.51. The van der Waals surface area contributed by atoms with Gasteiger partial charge >= 0.3 is 0 Å². The first-order valence-corrected chi connectivity index (χ1v) is 10.4. The lowest BCUT2D eigenvalue weighted by Crippen LogP contribution is -2.23. The molecule has 2 aromatic heterocycles. The number of nitrogens with one attached hydrogen (secondary N) is 2. The molecule has 0 fully saturated rings. The zero-order valence-electron chi connectivity index (χ0n) is 17.4. The summed E-state index contributed by atoms with van der Waals surface area (Å²) in [7, 11) is 0. The van der Waals surface area contributed by atoms with Crippen molar-refractivity contribution in [1.82, 2.24) is 9.97 Å². The third kappa shape index (κ3) is 4.76. The number of nitrogens with zero attached hydrogens (tertiary/aromatic N) is 2. The highest BCUT2D eigenvalue weighted by atomic mass is 32.1. The number of aromatic nitrogens is 2. The summed E-state index contributed by atoms with van der Waals surface area (Å²) in [5, 5.41) is 7.04. The van der Waals surface area contributed by atoms with Crippen LogP contribution in [-0.2, 0) is 4.79 Å². The SMILES string of the molecule is CCOc1ccc(OCC)c(NC(=O)CNc2nc(C)nc3sc(C)c(C)c23)c1. The van der Waals surface area contributed by atoms with Crippen LogP contribution in [0.4, 0.5) is 11.5 Å². The fourth-order valence-electron chi connectivity index (χ4n) is 2.99. The predicted molar refractivity (Wildman–Crippen MR) is 118 cm³/mol. The Hall–Kier alpha value is -2.87. The van der Waals surface area contributed by atoms with Crippen LogP contribution in [0.3, 0.4) is 0 Å². The number of ether oxygens (including phenoxy) is 2. The van der Waals surface area contributed by atoms with Gasteiger partial charge in [-0.25, -0.2) is 9.97 Å². The highest BCUT2D eigenvalue weighted by Crippen LogP contribution is 2.33. The summed E-state index contributed by atoms with van der Waals surface area (Å²) < 4.78 is 11.1. The van der Waals surface area contributed by atoms with Crippen LogP contribution in [0.5, 0.6) is 11.5 Å². The molecule has 1 aromatic carbocycles. The number of fused-ring (bicyclic) bond motifs is 1. The molecule has 0 unspecified atom stereocenters. The van der Waals surface area contributed by atoms with Gasteiger partial charge in [0.05, 0.1) is 30.8 Å². The summed E-state index contributed by atoms with van der Waals surface area (Å²) in [5.74, 6) is 2.43. The van der Waals surface area contributed by atoms with Crippen LogP contribution < -0.4 is 20.1 Å². The predicted octanol–water partition coefficient (Wildman–Crippen LogP) is 4.46. The van der Waals surface area contributed by atoms with Crippen molar-refractivity contribution in [2.45, 2.75) is 34.6 Å². The molecule has 0 saturated heterocycles. The first-order valence-electron chi connectivity index (χ1n) is 9.60. The van der Waals surface area contributed by atoms with Gasteiger partial charge in [-0.15, -0.1) is 11.3 Å². The van der Waals surface area contributed by atoms with Crippen LogP contribution in [0.1, 0.15) is 30.1 Å². The van der Waals surface area contributed by atoms with E-state index in [1.807, 2.05) is 33.8 Å². The van der Waals surface area contributed by atoms with E-state index in [-0.39, 0.29) is 12.5 Å². The molecule has 0 aliphatic carbocycles. The quantitative estimate of drug-likeness (QED) is 0.566. The summed E-state index contributed by atoms with van der Waals surface area (Å²) >= 11 is 1.64. The van der Waals surface area contributed by atoms with Crippen LogP contribution in [0.2, 0.25) is 0 Å². The van der Waals surface area contributed by atoms with Crippen LogP contribution >= 0.6 is 11.3 Å². The van der Waals surface area contributed by atoms with Gasteiger partial charge in [0.2, 0.25) is 5.91 Å². The largest absolute Gasteiger partial charge is 0.494 e. The molecule has 8 heteroatoms. The Balaban J connectivity index is 1.77. The van der Waals surface area contributed by atoms with Crippen molar-refractivity contribution in [3.05, 3.63) is 34.5 Å². The van der Waals surface area contributed by atoms with Gasteiger partial charge in [0, 0.05) is 10.9 Å². The van der Waals surface area contributed by atoms with E-state index >= 15 is 0 Å². The summed E-state index contributed by atoms with van der Waals surface area (Å²) in [5.41, 5.74) is 1.71. The molecule has 7 nitrogen and oxygen atoms in total. The maximum absolute atomic E-state index is 12.6. The molecule has 0 aliphatic rings. The van der Waals surface area contributed by atoms with Gasteiger partial charge in [-0.05, 0) is 52.3 Å². The Bertz CT molecular complexity index is 1030. The number of amides is 1. The fourth-order valence-corrected chi connectivity index (χ4v) is 4.06. The second-order valence-corrected chi connectivity index (χ2v) is 7.71. The molecule has 0 aliphatic heterocycles. The minimum absolute atomic E-state index is 0.0737. The van der Waals surface area contributed by atoms with Crippen molar-refractivity contribution < 1.29 is 14.3 Å². The van der Waals surface area contributed by atoms with E-state index in [2.05, 4.69) is 27.5 Å². The summed E-state index contributed by atoms with van der Waals surface area (Å²) in [6.45, 7) is 10.9. The smallest absolute Gasteiger partial charge is 0.243 e. The number of benzene rings is 1. The number of carbonyl (C=O) groups excluding carboxylic acids is 1. The van der Waals surface area contributed by atoms with Crippen LogP contribution in [0.15, 0.2) is 18.2 Å². The maximum atomic E-state index is 12.6. The van der Waals surface area contributed by atoms with E-state index in [4.69, 9.17) is 9.47 Å². The Labute approximate surface area is 174 Å². The van der Waals surface area contributed by atoms with Crippen molar-refractivity contribution in [1.29, 1.82) is 0 Å². The lowest BCUT2D eigenvalue weighted by atomic mass is 10.2. The highest BCUT2D eigenvalue weighted by Gasteiger charge is 2.15. The topological polar surface area (TPSA) is 85.4 Å². The van der Waals surface area contributed by atoms with Crippen molar-refractivity contribution in [2.24, 2.45) is 0 Å². The molecule has 2 N–H and O–H groups in total. The number of carbonyl (C=O) groups is 1. The number of thiophene rings is 1. The number of aryl methyl sites for hydroxylation is 3. The average molecular weight is 415 g/mol. The Morgan fingerprint density at radius 3 is 2.59 bits per heavy atom. The van der Waals surface area contributed by atoms with Gasteiger partial charge in [-0.3, -0.25) is 4.79 Å². The Morgan fingerprint density at radius 2 is 1.86 bits per heavy atom. The third-order valence-corrected chi connectivity index (χ3v) is 5.49. The molecule has 0 atom stereocenters. The Morgan fingerprint density at radius 1 is 1.10 bits per heavy atom. The Kier molecular flexibility index (Phi) is 6.53. The van der Waals surface area contributed by atoms with Gasteiger partial charge in [-0.1, -0.05) is 0 Å². The number of rotatable bonds is 8. The van der Waals surface area contributed by atoms with E-state index in [0.717, 1.165) is 15.8 Å². The number of anilines is 2. The zero-order chi connectivity index (χ0) is 21.0. The average Bonchev–Trinajstić information content (AvgIpc) is 2.96. The summed E-state index contributed by atoms with van der Waals surface area (Å²) in [6, 6.07) is 5.39. The van der Waals surface area contributed by atoms with E-state index in [1.165, 1.54) is 4.88 Å². The first kappa shape index (κ1) is 20.9. The van der Waals surface area contributed by atoms with E-state index in [1.54, 1.807) is 23.5 Å². The van der Waals surface area contributed by atoms with Crippen LogP contribution in [0, 0.1) is 20.8 Å². The highest BCUT2D eigenvalue weighted by molar-refractivity contribution is 7.18. The van der Waals surface area contributed by atoms with Crippen molar-refractivity contribution >= 4 is 39.0 Å². The van der Waals surface area contributed by atoms with Crippen molar-refractivity contribution in [3.8, 4) is 11.5 Å². The normalized spacial score (nSPS) is 10.8.